The Morgan fingerprint density at radius 3 is 2.40 bits per heavy atom. The maximum Gasteiger partial charge on any atom is 0.338 e. The summed E-state index contributed by atoms with van der Waals surface area (Å²) in [5, 5.41) is 12.2. The molecule has 13 heteroatoms. The predicted molar refractivity (Wildman–Crippen MR) is 175 cm³/mol. The van der Waals surface area contributed by atoms with Gasteiger partial charge in [-0.3, -0.25) is 19.5 Å². The molecule has 1 aromatic heterocycles. The molecule has 5 rings (SSSR count). The molecule has 0 N–H and O–H groups in total. The molecule has 4 aromatic rings. The zero-order valence-electron chi connectivity index (χ0n) is 26.5. The number of nitrogens with zero attached hydrogens (tertiary/aromatic N) is 3. The van der Waals surface area contributed by atoms with Crippen molar-refractivity contribution in [2.45, 2.75) is 33.4 Å². The highest BCUT2D eigenvalue weighted by molar-refractivity contribution is 7.07. The molecule has 1 aliphatic heterocycles. The maximum atomic E-state index is 14.2. The van der Waals surface area contributed by atoms with Crippen LogP contribution in [0.4, 0.5) is 5.69 Å². The van der Waals surface area contributed by atoms with E-state index in [0.29, 0.717) is 34.2 Å². The number of carbonyl (C=O) groups is 1. The first-order valence-corrected chi connectivity index (χ1v) is 15.6. The van der Waals surface area contributed by atoms with Crippen LogP contribution in [0.3, 0.4) is 0 Å². The number of hydrogen-bond donors (Lipinski definition) is 0. The Kier molecular flexibility index (Phi) is 10.0. The minimum absolute atomic E-state index is 0.111. The second kappa shape index (κ2) is 14.3. The van der Waals surface area contributed by atoms with E-state index in [4.69, 9.17) is 23.7 Å². The van der Waals surface area contributed by atoms with Crippen LogP contribution in [0.5, 0.6) is 23.0 Å². The topological polar surface area (TPSA) is 141 Å². The number of aromatic nitrogens is 1. The van der Waals surface area contributed by atoms with Gasteiger partial charge in [0.25, 0.3) is 11.2 Å². The Morgan fingerprint density at radius 2 is 1.74 bits per heavy atom. The first kappa shape index (κ1) is 32.9. The number of allylic oxidation sites excluding steroid dienone is 1. The fraction of sp³-hybridized carbons (Fsp3) is 0.265. The lowest BCUT2D eigenvalue weighted by atomic mass is 9.94. The third kappa shape index (κ3) is 6.61. The summed E-state index contributed by atoms with van der Waals surface area (Å²) in [5.41, 5.74) is 1.20. The molecule has 47 heavy (non-hydrogen) atoms. The summed E-state index contributed by atoms with van der Waals surface area (Å²) in [7, 11) is 2.93. The van der Waals surface area contributed by atoms with Gasteiger partial charge in [0, 0.05) is 5.56 Å². The smallest absolute Gasteiger partial charge is 0.338 e. The van der Waals surface area contributed by atoms with E-state index in [2.05, 4.69) is 4.99 Å². The second-order valence-electron chi connectivity index (χ2n) is 10.2. The lowest BCUT2D eigenvalue weighted by Gasteiger charge is -2.26. The van der Waals surface area contributed by atoms with Crippen molar-refractivity contribution in [3.05, 3.63) is 118 Å². The number of carbonyl (C=O) groups excluding carboxylic acids is 1. The van der Waals surface area contributed by atoms with Crippen molar-refractivity contribution in [2.75, 3.05) is 27.4 Å². The molecule has 0 bridgehead atoms. The zero-order valence-corrected chi connectivity index (χ0v) is 27.3. The minimum atomic E-state index is -0.984. The largest absolute Gasteiger partial charge is 0.493 e. The number of esters is 1. The molecular weight excluding hydrogens is 626 g/mol. The molecule has 0 saturated heterocycles. The highest BCUT2D eigenvalue weighted by Crippen LogP contribution is 2.41. The predicted octanol–water partition coefficient (Wildman–Crippen LogP) is 4.70. The Hall–Kier alpha value is -5.43. The Bertz CT molecular complexity index is 2030. The summed E-state index contributed by atoms with van der Waals surface area (Å²) in [6.45, 7) is 5.74. The summed E-state index contributed by atoms with van der Waals surface area (Å²) in [4.78, 5) is 44.2. The Labute approximate surface area is 273 Å². The number of thiazole rings is 1. The number of hydrogen-bond acceptors (Lipinski definition) is 11. The van der Waals surface area contributed by atoms with Crippen LogP contribution in [-0.4, -0.2) is 42.9 Å². The monoisotopic (exact) mass is 659 g/mol. The van der Waals surface area contributed by atoms with E-state index in [0.717, 1.165) is 16.9 Å². The summed E-state index contributed by atoms with van der Waals surface area (Å²) in [6.07, 6.45) is 1.42. The fourth-order valence-electron chi connectivity index (χ4n) is 5.28. The van der Waals surface area contributed by atoms with Crippen LogP contribution >= 0.6 is 11.3 Å². The Balaban J connectivity index is 1.69. The third-order valence-electron chi connectivity index (χ3n) is 7.36. The van der Waals surface area contributed by atoms with Gasteiger partial charge < -0.3 is 23.7 Å². The van der Waals surface area contributed by atoms with Crippen molar-refractivity contribution < 1.29 is 33.4 Å². The molecule has 1 aliphatic rings. The van der Waals surface area contributed by atoms with Gasteiger partial charge in [-0.15, -0.1) is 0 Å². The van der Waals surface area contributed by atoms with Crippen molar-refractivity contribution in [2.24, 2.45) is 4.99 Å². The molecule has 3 aromatic carbocycles. The lowest BCUT2D eigenvalue weighted by molar-refractivity contribution is -0.385. The van der Waals surface area contributed by atoms with Gasteiger partial charge in [-0.1, -0.05) is 53.8 Å². The van der Waals surface area contributed by atoms with E-state index in [9.17, 15) is 19.7 Å². The van der Waals surface area contributed by atoms with Gasteiger partial charge in [0.1, 0.15) is 12.6 Å². The molecule has 0 saturated carbocycles. The number of ether oxygens (including phenoxy) is 5. The van der Waals surface area contributed by atoms with E-state index in [1.807, 2.05) is 37.3 Å². The molecule has 244 valence electrons. The van der Waals surface area contributed by atoms with Crippen molar-refractivity contribution in [3.8, 4) is 23.0 Å². The minimum Gasteiger partial charge on any atom is -0.493 e. The highest BCUT2D eigenvalue weighted by Gasteiger charge is 2.36. The van der Waals surface area contributed by atoms with Gasteiger partial charge in [-0.05, 0) is 44.5 Å². The average molecular weight is 660 g/mol. The van der Waals surface area contributed by atoms with Crippen LogP contribution < -0.4 is 33.8 Å². The van der Waals surface area contributed by atoms with Crippen molar-refractivity contribution in [3.63, 3.8) is 0 Å². The van der Waals surface area contributed by atoms with Crippen molar-refractivity contribution >= 4 is 29.1 Å². The maximum absolute atomic E-state index is 14.2. The molecule has 0 aliphatic carbocycles. The number of rotatable bonds is 12. The zero-order chi connectivity index (χ0) is 33.7. The number of methoxy groups -OCH3 is 2. The van der Waals surface area contributed by atoms with Gasteiger partial charge in [-0.25, -0.2) is 9.79 Å². The van der Waals surface area contributed by atoms with Crippen LogP contribution in [0.25, 0.3) is 6.08 Å². The molecular formula is C34H33N3O9S. The molecule has 0 radical (unpaired) electrons. The first-order chi connectivity index (χ1) is 22.7. The van der Waals surface area contributed by atoms with E-state index in [1.54, 1.807) is 32.0 Å². The van der Waals surface area contributed by atoms with Gasteiger partial charge in [0.15, 0.2) is 27.8 Å². The normalized spacial score (nSPS) is 14.2. The summed E-state index contributed by atoms with van der Waals surface area (Å²) in [6, 6.07) is 16.3. The molecule has 1 atom stereocenters. The summed E-state index contributed by atoms with van der Waals surface area (Å²) < 4.78 is 29.9. The SMILES string of the molecule is CCOC(=O)C1=C(C)N=c2s/c(=C/c3cc(OC)c(OCc4ccccc4)cc3[N+](=O)[O-])c(=O)n2[C@H]1c1cccc(OC)c1OCC. The number of benzene rings is 3. The van der Waals surface area contributed by atoms with Crippen LogP contribution in [-0.2, 0) is 16.1 Å². The van der Waals surface area contributed by atoms with Gasteiger partial charge in [-0.2, -0.15) is 0 Å². The van der Waals surface area contributed by atoms with E-state index < -0.39 is 22.5 Å². The van der Waals surface area contributed by atoms with Gasteiger partial charge >= 0.3 is 5.97 Å². The third-order valence-corrected chi connectivity index (χ3v) is 8.35. The first-order valence-electron chi connectivity index (χ1n) is 14.7. The highest BCUT2D eigenvalue weighted by atomic mass is 32.1. The average Bonchev–Trinajstić information content (AvgIpc) is 3.37. The summed E-state index contributed by atoms with van der Waals surface area (Å²) in [5.74, 6) is 0.575. The Morgan fingerprint density at radius 1 is 1.00 bits per heavy atom. The lowest BCUT2D eigenvalue weighted by Crippen LogP contribution is -2.40. The quantitative estimate of drug-likeness (QED) is 0.120. The van der Waals surface area contributed by atoms with Gasteiger partial charge in [0.2, 0.25) is 0 Å². The number of nitro groups is 1. The molecule has 12 nitrogen and oxygen atoms in total. The number of nitro benzene ring substituents is 1. The second-order valence-corrected chi connectivity index (χ2v) is 11.2. The van der Waals surface area contributed by atoms with Crippen LogP contribution in [0, 0.1) is 10.1 Å². The van der Waals surface area contributed by atoms with E-state index in [1.165, 1.54) is 37.0 Å². The molecule has 0 amide bonds. The van der Waals surface area contributed by atoms with Crippen LogP contribution in [0.2, 0.25) is 0 Å². The van der Waals surface area contributed by atoms with E-state index in [-0.39, 0.29) is 46.1 Å². The van der Waals surface area contributed by atoms with Crippen molar-refractivity contribution in [1.29, 1.82) is 0 Å². The van der Waals surface area contributed by atoms with E-state index >= 15 is 0 Å². The molecule has 2 heterocycles. The van der Waals surface area contributed by atoms with Crippen molar-refractivity contribution in [1.82, 2.24) is 4.57 Å². The number of para-hydroxylation sites is 1. The number of fused-ring (bicyclic) bond motifs is 1. The molecule has 0 fully saturated rings. The molecule has 0 spiro atoms. The molecule has 0 unspecified atom stereocenters. The standard InChI is InChI=1S/C34H33N3O9S/c1-6-44-31-23(14-11-15-25(31)42-4)30-29(33(39)45-7-2)20(3)35-34-36(30)32(38)28(47-34)17-22-16-26(43-5)27(18-24(22)37(40)41)46-19-21-12-9-8-10-13-21/h8-18,30H,6-7,19H2,1-5H3/b28-17+/t30-/m0/s1. The fourth-order valence-corrected chi connectivity index (χ4v) is 6.32. The summed E-state index contributed by atoms with van der Waals surface area (Å²) >= 11 is 1.04. The van der Waals surface area contributed by atoms with Crippen LogP contribution in [0.1, 0.15) is 43.5 Å². The van der Waals surface area contributed by atoms with Gasteiger partial charge in [0.05, 0.1) is 59.8 Å². The van der Waals surface area contributed by atoms with Crippen LogP contribution in [0.15, 0.2) is 81.7 Å².